The van der Waals surface area contributed by atoms with Crippen LogP contribution in [0.15, 0.2) is 54.6 Å². The van der Waals surface area contributed by atoms with E-state index >= 15 is 0 Å². The summed E-state index contributed by atoms with van der Waals surface area (Å²) < 4.78 is 5.41. The standard InChI is InChI=1S/C23H22Cl2N4O2/c1-31-20-8-3-2-5-16(20)18-9-10-21(28-27-18)29-13-11-15(12-14-29)23(30)26-19-7-4-6-17(24)22(19)25/h2-10,15H,11-14H2,1H3,(H,26,30). The molecule has 1 amide bonds. The van der Waals surface area contributed by atoms with Gasteiger partial charge in [-0.25, -0.2) is 0 Å². The summed E-state index contributed by atoms with van der Waals surface area (Å²) in [5.74, 6) is 1.43. The number of benzene rings is 2. The van der Waals surface area contributed by atoms with Gasteiger partial charge < -0.3 is 15.0 Å². The molecule has 0 spiro atoms. The number of hydrogen-bond donors (Lipinski definition) is 1. The highest BCUT2D eigenvalue weighted by Crippen LogP contribution is 2.31. The molecule has 1 aromatic heterocycles. The highest BCUT2D eigenvalue weighted by atomic mass is 35.5. The van der Waals surface area contributed by atoms with Crippen molar-refractivity contribution in [3.05, 3.63) is 64.6 Å². The van der Waals surface area contributed by atoms with Crippen molar-refractivity contribution in [2.45, 2.75) is 12.8 Å². The fourth-order valence-corrected chi connectivity index (χ4v) is 4.05. The molecule has 2 aromatic carbocycles. The van der Waals surface area contributed by atoms with Gasteiger partial charge in [0.2, 0.25) is 5.91 Å². The topological polar surface area (TPSA) is 67.3 Å². The van der Waals surface area contributed by atoms with Crippen LogP contribution < -0.4 is 15.0 Å². The van der Waals surface area contributed by atoms with Gasteiger partial charge in [0, 0.05) is 24.6 Å². The van der Waals surface area contributed by atoms with Crippen molar-refractivity contribution in [1.82, 2.24) is 10.2 Å². The van der Waals surface area contributed by atoms with Gasteiger partial charge in [-0.15, -0.1) is 10.2 Å². The second-order valence-corrected chi connectivity index (χ2v) is 8.11. The molecule has 0 unspecified atom stereocenters. The predicted octanol–water partition coefficient (Wildman–Crippen LogP) is 5.31. The van der Waals surface area contributed by atoms with E-state index in [2.05, 4.69) is 20.4 Å². The molecule has 0 radical (unpaired) electrons. The molecular formula is C23H22Cl2N4O2. The molecule has 1 aliphatic heterocycles. The lowest BCUT2D eigenvalue weighted by Crippen LogP contribution is -2.38. The smallest absolute Gasteiger partial charge is 0.227 e. The number of amides is 1. The molecule has 6 nitrogen and oxygen atoms in total. The van der Waals surface area contributed by atoms with Gasteiger partial charge >= 0.3 is 0 Å². The van der Waals surface area contributed by atoms with Gasteiger partial charge in [0.15, 0.2) is 5.82 Å². The van der Waals surface area contributed by atoms with Crippen LogP contribution in [-0.2, 0) is 4.79 Å². The van der Waals surface area contributed by atoms with Crippen molar-refractivity contribution >= 4 is 40.6 Å². The van der Waals surface area contributed by atoms with Crippen LogP contribution in [0.25, 0.3) is 11.3 Å². The number of anilines is 2. The van der Waals surface area contributed by atoms with E-state index in [0.717, 1.165) is 48.8 Å². The Balaban J connectivity index is 1.37. The van der Waals surface area contributed by atoms with Crippen LogP contribution in [0.4, 0.5) is 11.5 Å². The predicted molar refractivity (Wildman–Crippen MR) is 124 cm³/mol. The summed E-state index contributed by atoms with van der Waals surface area (Å²) >= 11 is 12.2. The number of ether oxygens (including phenoxy) is 1. The summed E-state index contributed by atoms with van der Waals surface area (Å²) in [5, 5.41) is 12.5. The monoisotopic (exact) mass is 456 g/mol. The Kier molecular flexibility index (Phi) is 6.59. The highest BCUT2D eigenvalue weighted by Gasteiger charge is 2.26. The minimum Gasteiger partial charge on any atom is -0.496 e. The molecule has 160 valence electrons. The third-order valence-electron chi connectivity index (χ3n) is 5.43. The first-order chi connectivity index (χ1) is 15.1. The number of nitrogens with one attached hydrogen (secondary N) is 1. The minimum atomic E-state index is -0.0906. The van der Waals surface area contributed by atoms with Crippen LogP contribution in [0, 0.1) is 5.92 Å². The van der Waals surface area contributed by atoms with Crippen LogP contribution in [0.5, 0.6) is 5.75 Å². The maximum atomic E-state index is 12.7. The molecular weight excluding hydrogens is 435 g/mol. The summed E-state index contributed by atoms with van der Waals surface area (Å²) in [4.78, 5) is 14.8. The number of nitrogens with zero attached hydrogens (tertiary/aromatic N) is 3. The largest absolute Gasteiger partial charge is 0.496 e. The van der Waals surface area contributed by atoms with Gasteiger partial charge in [0.1, 0.15) is 5.75 Å². The minimum absolute atomic E-state index is 0.0404. The van der Waals surface area contributed by atoms with E-state index in [-0.39, 0.29) is 11.8 Å². The van der Waals surface area contributed by atoms with Gasteiger partial charge in [0.05, 0.1) is 28.5 Å². The first kappa shape index (κ1) is 21.4. The molecule has 4 rings (SSSR count). The van der Waals surface area contributed by atoms with Crippen LogP contribution in [0.1, 0.15) is 12.8 Å². The average molecular weight is 457 g/mol. The second kappa shape index (κ2) is 9.54. The molecule has 1 N–H and O–H groups in total. The van der Waals surface area contributed by atoms with E-state index in [4.69, 9.17) is 27.9 Å². The zero-order chi connectivity index (χ0) is 21.8. The van der Waals surface area contributed by atoms with Crippen molar-refractivity contribution in [1.29, 1.82) is 0 Å². The van der Waals surface area contributed by atoms with Gasteiger partial charge in [0.25, 0.3) is 0 Å². The van der Waals surface area contributed by atoms with Gasteiger partial charge in [-0.1, -0.05) is 41.4 Å². The van der Waals surface area contributed by atoms with E-state index < -0.39 is 0 Å². The summed E-state index contributed by atoms with van der Waals surface area (Å²) in [6.07, 6.45) is 1.44. The normalized spacial score (nSPS) is 14.4. The maximum absolute atomic E-state index is 12.7. The molecule has 31 heavy (non-hydrogen) atoms. The fraction of sp³-hybridized carbons (Fsp3) is 0.261. The molecule has 1 aliphatic rings. The lowest BCUT2D eigenvalue weighted by Gasteiger charge is -2.31. The van der Waals surface area contributed by atoms with Crippen molar-refractivity contribution in [2.24, 2.45) is 5.92 Å². The van der Waals surface area contributed by atoms with Crippen molar-refractivity contribution in [2.75, 3.05) is 30.4 Å². The van der Waals surface area contributed by atoms with Crippen molar-refractivity contribution < 1.29 is 9.53 Å². The number of piperidine rings is 1. The van der Waals surface area contributed by atoms with Crippen molar-refractivity contribution in [3.63, 3.8) is 0 Å². The number of methoxy groups -OCH3 is 1. The van der Waals surface area contributed by atoms with Crippen LogP contribution in [0.3, 0.4) is 0 Å². The first-order valence-electron chi connectivity index (χ1n) is 10.0. The summed E-state index contributed by atoms with van der Waals surface area (Å²) in [7, 11) is 1.64. The Labute approximate surface area is 191 Å². The molecule has 1 saturated heterocycles. The Hall–Kier alpha value is -2.83. The first-order valence-corrected chi connectivity index (χ1v) is 10.8. The Morgan fingerprint density at radius 2 is 1.81 bits per heavy atom. The summed E-state index contributed by atoms with van der Waals surface area (Å²) in [6, 6.07) is 16.8. The third kappa shape index (κ3) is 4.75. The van der Waals surface area contributed by atoms with E-state index in [1.807, 2.05) is 36.4 Å². The number of para-hydroxylation sites is 1. The number of carbonyl (C=O) groups is 1. The molecule has 2 heterocycles. The lowest BCUT2D eigenvalue weighted by atomic mass is 9.95. The van der Waals surface area contributed by atoms with Crippen LogP contribution in [0.2, 0.25) is 10.0 Å². The number of halogens is 2. The van der Waals surface area contributed by atoms with E-state index in [1.165, 1.54) is 0 Å². The molecule has 0 aliphatic carbocycles. The molecule has 8 heteroatoms. The molecule has 3 aromatic rings. The SMILES string of the molecule is COc1ccccc1-c1ccc(N2CCC(C(=O)Nc3cccc(Cl)c3Cl)CC2)nn1. The molecule has 0 saturated carbocycles. The number of hydrogen-bond acceptors (Lipinski definition) is 5. The van der Waals surface area contributed by atoms with Gasteiger partial charge in [-0.2, -0.15) is 0 Å². The Morgan fingerprint density at radius 1 is 1.03 bits per heavy atom. The zero-order valence-corrected chi connectivity index (χ0v) is 18.5. The molecule has 1 fully saturated rings. The molecule has 0 atom stereocenters. The zero-order valence-electron chi connectivity index (χ0n) is 17.0. The second-order valence-electron chi connectivity index (χ2n) is 7.33. The number of aromatic nitrogens is 2. The maximum Gasteiger partial charge on any atom is 0.227 e. The number of carbonyl (C=O) groups excluding carboxylic acids is 1. The number of rotatable bonds is 5. The highest BCUT2D eigenvalue weighted by molar-refractivity contribution is 6.44. The van der Waals surface area contributed by atoms with Gasteiger partial charge in [-0.3, -0.25) is 4.79 Å². The Bertz CT molecular complexity index is 1070. The lowest BCUT2D eigenvalue weighted by molar-refractivity contribution is -0.120. The average Bonchev–Trinajstić information content (AvgIpc) is 2.82. The summed E-state index contributed by atoms with van der Waals surface area (Å²) in [6.45, 7) is 1.45. The fourth-order valence-electron chi connectivity index (χ4n) is 3.70. The third-order valence-corrected chi connectivity index (χ3v) is 6.25. The quantitative estimate of drug-likeness (QED) is 0.562. The van der Waals surface area contributed by atoms with Gasteiger partial charge in [-0.05, 0) is 49.2 Å². The summed E-state index contributed by atoms with van der Waals surface area (Å²) in [5.41, 5.74) is 2.20. The van der Waals surface area contributed by atoms with Crippen LogP contribution >= 0.6 is 23.2 Å². The van der Waals surface area contributed by atoms with Crippen molar-refractivity contribution in [3.8, 4) is 17.0 Å². The van der Waals surface area contributed by atoms with E-state index in [1.54, 1.807) is 25.3 Å². The Morgan fingerprint density at radius 3 is 2.52 bits per heavy atom. The van der Waals surface area contributed by atoms with Crippen LogP contribution in [-0.4, -0.2) is 36.3 Å². The van der Waals surface area contributed by atoms with E-state index in [9.17, 15) is 4.79 Å². The molecule has 0 bridgehead atoms. The van der Waals surface area contributed by atoms with E-state index in [0.29, 0.717) is 15.7 Å².